The van der Waals surface area contributed by atoms with E-state index in [1.54, 1.807) is 4.57 Å². The Hall–Kier alpha value is -4.33. The zero-order valence-electron chi connectivity index (χ0n) is 16.5. The molecule has 0 aliphatic carbocycles. The fourth-order valence-corrected chi connectivity index (χ4v) is 3.07. The zero-order valence-corrected chi connectivity index (χ0v) is 16.5. The molecule has 8 nitrogen and oxygen atoms in total. The van der Waals surface area contributed by atoms with Crippen molar-refractivity contribution in [2.24, 2.45) is 5.10 Å². The van der Waals surface area contributed by atoms with E-state index in [2.05, 4.69) is 15.5 Å². The van der Waals surface area contributed by atoms with Crippen LogP contribution in [0.15, 0.2) is 77.9 Å². The van der Waals surface area contributed by atoms with E-state index in [-0.39, 0.29) is 30.6 Å². The number of aromatic nitrogens is 2. The smallest absolute Gasteiger partial charge is 0.260 e. The second-order valence-electron chi connectivity index (χ2n) is 6.74. The summed E-state index contributed by atoms with van der Waals surface area (Å²) in [4.78, 5) is 17.1. The second-order valence-corrected chi connectivity index (χ2v) is 6.74. The molecule has 0 unspecified atom stereocenters. The van der Waals surface area contributed by atoms with Gasteiger partial charge in [-0.25, -0.2) is 10.4 Å². The normalized spacial score (nSPS) is 11.1. The molecule has 0 aliphatic heterocycles. The van der Waals surface area contributed by atoms with Gasteiger partial charge >= 0.3 is 0 Å². The standard InChI is InChI=1S/C23H20N4O4/c28-17-11-10-16(21(29)12-17)13-24-26-23(30)14-27-20-9-5-4-8-19(20)25-22(27)15-31-18-6-2-1-3-7-18/h1-13,28-29H,14-15H2,(H,26,30). The van der Waals surface area contributed by atoms with Crippen LogP contribution in [0.4, 0.5) is 0 Å². The van der Waals surface area contributed by atoms with Crippen molar-refractivity contribution in [2.75, 3.05) is 0 Å². The molecule has 1 amide bonds. The van der Waals surface area contributed by atoms with E-state index in [1.807, 2.05) is 54.6 Å². The van der Waals surface area contributed by atoms with E-state index in [0.29, 0.717) is 17.1 Å². The summed E-state index contributed by atoms with van der Waals surface area (Å²) in [6, 6.07) is 21.0. The summed E-state index contributed by atoms with van der Waals surface area (Å²) < 4.78 is 7.59. The maximum absolute atomic E-state index is 12.5. The molecule has 31 heavy (non-hydrogen) atoms. The number of fused-ring (bicyclic) bond motifs is 1. The molecule has 3 N–H and O–H groups in total. The highest BCUT2D eigenvalue weighted by molar-refractivity contribution is 5.86. The Bertz CT molecular complexity index is 1240. The van der Waals surface area contributed by atoms with E-state index in [0.717, 1.165) is 11.0 Å². The number of carbonyl (C=O) groups is 1. The summed E-state index contributed by atoms with van der Waals surface area (Å²) in [5.74, 6) is 0.762. The van der Waals surface area contributed by atoms with Gasteiger partial charge in [0.1, 0.15) is 36.2 Å². The van der Waals surface area contributed by atoms with Crippen molar-refractivity contribution in [3.63, 3.8) is 0 Å². The van der Waals surface area contributed by atoms with Gasteiger partial charge in [0.25, 0.3) is 5.91 Å². The van der Waals surface area contributed by atoms with Crippen LogP contribution in [0, 0.1) is 0 Å². The van der Waals surface area contributed by atoms with Crippen LogP contribution in [0.2, 0.25) is 0 Å². The third-order valence-corrected chi connectivity index (χ3v) is 4.55. The number of hydrogen-bond acceptors (Lipinski definition) is 6. The number of imidazole rings is 1. The third-order valence-electron chi connectivity index (χ3n) is 4.55. The Balaban J connectivity index is 1.48. The number of para-hydroxylation sites is 3. The van der Waals surface area contributed by atoms with Crippen LogP contribution in [0.1, 0.15) is 11.4 Å². The van der Waals surface area contributed by atoms with Crippen LogP contribution in [0.25, 0.3) is 11.0 Å². The van der Waals surface area contributed by atoms with Crippen molar-refractivity contribution in [1.29, 1.82) is 0 Å². The minimum atomic E-state index is -0.362. The van der Waals surface area contributed by atoms with Crippen LogP contribution in [0.5, 0.6) is 17.2 Å². The molecule has 0 atom stereocenters. The van der Waals surface area contributed by atoms with Crippen LogP contribution in [0.3, 0.4) is 0 Å². The predicted molar refractivity (Wildman–Crippen MR) is 116 cm³/mol. The minimum Gasteiger partial charge on any atom is -0.508 e. The molecule has 0 aliphatic rings. The van der Waals surface area contributed by atoms with E-state index < -0.39 is 0 Å². The molecule has 1 heterocycles. The SMILES string of the molecule is O=C(Cn1c(COc2ccccc2)nc2ccccc21)NN=Cc1ccc(O)cc1O. The van der Waals surface area contributed by atoms with Crippen molar-refractivity contribution >= 4 is 23.2 Å². The van der Waals surface area contributed by atoms with E-state index in [4.69, 9.17) is 4.74 Å². The first-order valence-corrected chi connectivity index (χ1v) is 9.56. The number of nitrogens with one attached hydrogen (secondary N) is 1. The number of aromatic hydroxyl groups is 2. The number of ether oxygens (including phenoxy) is 1. The Morgan fingerprint density at radius 3 is 2.65 bits per heavy atom. The first-order chi connectivity index (χ1) is 15.1. The van der Waals surface area contributed by atoms with E-state index in [9.17, 15) is 15.0 Å². The van der Waals surface area contributed by atoms with Gasteiger partial charge in [-0.15, -0.1) is 0 Å². The summed E-state index contributed by atoms with van der Waals surface area (Å²) in [5.41, 5.74) is 4.38. The molecule has 0 spiro atoms. The number of phenolic OH excluding ortho intramolecular Hbond substituents is 2. The third kappa shape index (κ3) is 4.81. The maximum atomic E-state index is 12.5. The first kappa shape index (κ1) is 20.0. The highest BCUT2D eigenvalue weighted by Crippen LogP contribution is 2.21. The van der Waals surface area contributed by atoms with Crippen LogP contribution >= 0.6 is 0 Å². The van der Waals surface area contributed by atoms with Gasteiger partial charge in [-0.3, -0.25) is 4.79 Å². The monoisotopic (exact) mass is 416 g/mol. The first-order valence-electron chi connectivity index (χ1n) is 9.56. The number of phenols is 2. The quantitative estimate of drug-likeness (QED) is 0.317. The number of carbonyl (C=O) groups excluding carboxylic acids is 1. The van der Waals surface area contributed by atoms with Gasteiger partial charge in [0.2, 0.25) is 0 Å². The van der Waals surface area contributed by atoms with Crippen molar-refractivity contribution in [3.05, 3.63) is 84.2 Å². The molecule has 1 aromatic heterocycles. The molecule has 0 fully saturated rings. The van der Waals surface area contributed by atoms with Gasteiger partial charge in [0.05, 0.1) is 17.2 Å². The topological polar surface area (TPSA) is 109 Å². The molecule has 0 saturated heterocycles. The summed E-state index contributed by atoms with van der Waals surface area (Å²) >= 11 is 0. The fraction of sp³-hybridized carbons (Fsp3) is 0.0870. The Morgan fingerprint density at radius 2 is 1.84 bits per heavy atom. The molecule has 3 aromatic carbocycles. The molecule has 4 aromatic rings. The summed E-state index contributed by atoms with van der Waals surface area (Å²) in [6.45, 7) is 0.198. The van der Waals surface area contributed by atoms with Crippen molar-refractivity contribution in [1.82, 2.24) is 15.0 Å². The summed E-state index contributed by atoms with van der Waals surface area (Å²) in [6.07, 6.45) is 1.30. The summed E-state index contributed by atoms with van der Waals surface area (Å²) in [7, 11) is 0. The largest absolute Gasteiger partial charge is 0.508 e. The number of amides is 1. The number of rotatable bonds is 7. The molecule has 8 heteroatoms. The average molecular weight is 416 g/mol. The lowest BCUT2D eigenvalue weighted by Crippen LogP contribution is -2.24. The Kier molecular flexibility index (Phi) is 5.79. The maximum Gasteiger partial charge on any atom is 0.260 e. The number of hydrogen-bond donors (Lipinski definition) is 3. The fourth-order valence-electron chi connectivity index (χ4n) is 3.07. The minimum absolute atomic E-state index is 0.00705. The molecule has 0 saturated carbocycles. The Labute approximate surface area is 178 Å². The van der Waals surface area contributed by atoms with Crippen molar-refractivity contribution in [2.45, 2.75) is 13.2 Å². The lowest BCUT2D eigenvalue weighted by Gasteiger charge is -2.10. The van der Waals surface area contributed by atoms with Crippen LogP contribution in [-0.2, 0) is 17.9 Å². The van der Waals surface area contributed by atoms with Crippen LogP contribution < -0.4 is 10.2 Å². The van der Waals surface area contributed by atoms with Gasteiger partial charge < -0.3 is 19.5 Å². The predicted octanol–water partition coefficient (Wildman–Crippen LogP) is 3.18. The van der Waals surface area contributed by atoms with E-state index in [1.165, 1.54) is 24.4 Å². The molecule has 0 radical (unpaired) electrons. The lowest BCUT2D eigenvalue weighted by molar-refractivity contribution is -0.121. The van der Waals surface area contributed by atoms with Crippen molar-refractivity contribution < 1.29 is 19.7 Å². The van der Waals surface area contributed by atoms with Crippen LogP contribution in [-0.4, -0.2) is 31.9 Å². The van der Waals surface area contributed by atoms with Crippen molar-refractivity contribution in [3.8, 4) is 17.2 Å². The van der Waals surface area contributed by atoms with E-state index >= 15 is 0 Å². The number of hydrazone groups is 1. The second kappa shape index (κ2) is 9.00. The molecular formula is C23H20N4O4. The average Bonchev–Trinajstić information content (AvgIpc) is 3.12. The van der Waals surface area contributed by atoms with Gasteiger partial charge in [-0.2, -0.15) is 5.10 Å². The highest BCUT2D eigenvalue weighted by Gasteiger charge is 2.14. The molecular weight excluding hydrogens is 396 g/mol. The lowest BCUT2D eigenvalue weighted by atomic mass is 10.2. The Morgan fingerprint density at radius 1 is 1.06 bits per heavy atom. The molecule has 156 valence electrons. The highest BCUT2D eigenvalue weighted by atomic mass is 16.5. The molecule has 4 rings (SSSR count). The summed E-state index contributed by atoms with van der Waals surface area (Å²) in [5, 5.41) is 23.0. The van der Waals surface area contributed by atoms with Gasteiger partial charge in [0, 0.05) is 11.6 Å². The van der Waals surface area contributed by atoms with Gasteiger partial charge in [0.15, 0.2) is 0 Å². The van der Waals surface area contributed by atoms with Gasteiger partial charge in [-0.1, -0.05) is 30.3 Å². The van der Waals surface area contributed by atoms with Gasteiger partial charge in [-0.05, 0) is 36.4 Å². The zero-order chi connectivity index (χ0) is 21.6. The number of benzene rings is 3. The molecule has 0 bridgehead atoms. The number of nitrogens with zero attached hydrogens (tertiary/aromatic N) is 3.